The third kappa shape index (κ3) is 5.31. The van der Waals surface area contributed by atoms with Crippen molar-refractivity contribution in [2.75, 3.05) is 20.1 Å². The van der Waals surface area contributed by atoms with Crippen LogP contribution in [0.15, 0.2) is 36.4 Å². The minimum Gasteiger partial charge on any atom is -0.489 e. The third-order valence-electron chi connectivity index (χ3n) is 5.46. The lowest BCUT2D eigenvalue weighted by Gasteiger charge is -2.38. The molecule has 1 heterocycles. The molecular formula is C24H31ClN2O2. The van der Waals surface area contributed by atoms with Gasteiger partial charge in [-0.3, -0.25) is 9.69 Å². The largest absolute Gasteiger partial charge is 0.489 e. The standard InChI is InChI=1S/C24H31ClN2O2/c1-16-10-17(12-27-13-19(14-27)23(28)26-5)7-9-22(16)29-15-18-6-8-20(21(25)11-18)24(2,3)4/h6-11,19H,12-15H2,1-5H3,(H,26,28). The van der Waals surface area contributed by atoms with Gasteiger partial charge in [0.15, 0.2) is 0 Å². The van der Waals surface area contributed by atoms with E-state index in [0.29, 0.717) is 6.61 Å². The molecule has 0 aliphatic carbocycles. The Morgan fingerprint density at radius 3 is 2.45 bits per heavy atom. The summed E-state index contributed by atoms with van der Waals surface area (Å²) >= 11 is 6.47. The fourth-order valence-corrected chi connectivity index (χ4v) is 4.20. The number of hydrogen-bond acceptors (Lipinski definition) is 3. The summed E-state index contributed by atoms with van der Waals surface area (Å²) < 4.78 is 6.04. The zero-order chi connectivity index (χ0) is 21.2. The number of hydrogen-bond donors (Lipinski definition) is 1. The summed E-state index contributed by atoms with van der Waals surface area (Å²) in [5.41, 5.74) is 4.59. The maximum absolute atomic E-state index is 11.6. The van der Waals surface area contributed by atoms with Gasteiger partial charge in [-0.15, -0.1) is 0 Å². The Hall–Kier alpha value is -2.04. The lowest BCUT2D eigenvalue weighted by atomic mass is 9.86. The van der Waals surface area contributed by atoms with Crippen molar-refractivity contribution in [2.45, 2.75) is 46.3 Å². The highest BCUT2D eigenvalue weighted by Gasteiger charge is 2.31. The van der Waals surface area contributed by atoms with Crippen LogP contribution in [0.2, 0.25) is 5.02 Å². The zero-order valence-electron chi connectivity index (χ0n) is 18.0. The zero-order valence-corrected chi connectivity index (χ0v) is 18.8. The molecule has 156 valence electrons. The van der Waals surface area contributed by atoms with Gasteiger partial charge >= 0.3 is 0 Å². The molecule has 0 radical (unpaired) electrons. The van der Waals surface area contributed by atoms with Gasteiger partial charge in [0, 0.05) is 31.7 Å². The third-order valence-corrected chi connectivity index (χ3v) is 5.77. The number of likely N-dealkylation sites (tertiary alicyclic amines) is 1. The number of benzene rings is 2. The monoisotopic (exact) mass is 414 g/mol. The second-order valence-electron chi connectivity index (χ2n) is 8.96. The maximum atomic E-state index is 11.6. The first-order valence-electron chi connectivity index (χ1n) is 10.1. The molecule has 0 spiro atoms. The van der Waals surface area contributed by atoms with Gasteiger partial charge in [-0.25, -0.2) is 0 Å². The molecule has 0 aromatic heterocycles. The van der Waals surface area contributed by atoms with E-state index in [4.69, 9.17) is 16.3 Å². The molecule has 0 bridgehead atoms. The van der Waals surface area contributed by atoms with Gasteiger partial charge in [-0.05, 0) is 46.7 Å². The Morgan fingerprint density at radius 1 is 1.17 bits per heavy atom. The number of aryl methyl sites for hydroxylation is 1. The van der Waals surface area contributed by atoms with E-state index >= 15 is 0 Å². The molecule has 1 saturated heterocycles. The number of carbonyl (C=O) groups is 1. The number of nitrogens with one attached hydrogen (secondary N) is 1. The average molecular weight is 415 g/mol. The van der Waals surface area contributed by atoms with Crippen molar-refractivity contribution in [3.63, 3.8) is 0 Å². The quantitative estimate of drug-likeness (QED) is 0.744. The summed E-state index contributed by atoms with van der Waals surface area (Å²) in [6, 6.07) is 12.5. The van der Waals surface area contributed by atoms with Gasteiger partial charge in [0.1, 0.15) is 12.4 Å². The van der Waals surface area contributed by atoms with E-state index in [1.807, 2.05) is 12.1 Å². The number of amides is 1. The van der Waals surface area contributed by atoms with Crippen LogP contribution >= 0.6 is 11.6 Å². The van der Waals surface area contributed by atoms with Gasteiger partial charge in [-0.1, -0.05) is 56.6 Å². The first-order valence-corrected chi connectivity index (χ1v) is 10.5. The summed E-state index contributed by atoms with van der Waals surface area (Å²) in [6.45, 7) is 11.5. The van der Waals surface area contributed by atoms with Crippen molar-refractivity contribution in [3.05, 3.63) is 63.7 Å². The Labute approximate surface area is 179 Å². The van der Waals surface area contributed by atoms with Crippen LogP contribution in [0.1, 0.15) is 43.0 Å². The molecule has 1 aliphatic heterocycles. The number of halogens is 1. The molecule has 29 heavy (non-hydrogen) atoms. The van der Waals surface area contributed by atoms with E-state index in [1.165, 1.54) is 5.56 Å². The van der Waals surface area contributed by atoms with Gasteiger partial charge in [0.25, 0.3) is 0 Å². The molecule has 0 unspecified atom stereocenters. The molecule has 1 aliphatic rings. The van der Waals surface area contributed by atoms with E-state index in [1.54, 1.807) is 7.05 Å². The molecule has 5 heteroatoms. The molecule has 2 aromatic carbocycles. The van der Waals surface area contributed by atoms with Gasteiger partial charge < -0.3 is 10.1 Å². The van der Waals surface area contributed by atoms with Gasteiger partial charge in [-0.2, -0.15) is 0 Å². The summed E-state index contributed by atoms with van der Waals surface area (Å²) in [4.78, 5) is 13.9. The number of nitrogens with zero attached hydrogens (tertiary/aromatic N) is 1. The number of rotatable bonds is 6. The van der Waals surface area contributed by atoms with Crippen LogP contribution in [-0.4, -0.2) is 30.9 Å². The summed E-state index contributed by atoms with van der Waals surface area (Å²) in [7, 11) is 1.69. The van der Waals surface area contributed by atoms with Crippen LogP contribution in [-0.2, 0) is 23.4 Å². The smallest absolute Gasteiger partial charge is 0.225 e. The van der Waals surface area contributed by atoms with E-state index in [0.717, 1.165) is 47.1 Å². The summed E-state index contributed by atoms with van der Waals surface area (Å²) in [5, 5.41) is 3.51. The molecule has 0 atom stereocenters. The first-order chi connectivity index (χ1) is 13.7. The highest BCUT2D eigenvalue weighted by Crippen LogP contribution is 2.30. The van der Waals surface area contributed by atoms with Crippen LogP contribution in [0.25, 0.3) is 0 Å². The topological polar surface area (TPSA) is 41.6 Å². The van der Waals surface area contributed by atoms with Crippen LogP contribution < -0.4 is 10.1 Å². The first kappa shape index (κ1) is 21.7. The van der Waals surface area contributed by atoms with E-state index in [9.17, 15) is 4.79 Å². The second-order valence-corrected chi connectivity index (χ2v) is 9.37. The lowest BCUT2D eigenvalue weighted by Crippen LogP contribution is -2.52. The molecule has 1 N–H and O–H groups in total. The predicted octanol–water partition coefficient (Wildman–Crippen LogP) is 4.70. The van der Waals surface area contributed by atoms with Gasteiger partial charge in [0.2, 0.25) is 5.91 Å². The van der Waals surface area contributed by atoms with Crippen LogP contribution in [0.3, 0.4) is 0 Å². The van der Waals surface area contributed by atoms with Crippen LogP contribution in [0, 0.1) is 12.8 Å². The number of ether oxygens (including phenoxy) is 1. The van der Waals surface area contributed by atoms with E-state index in [-0.39, 0.29) is 17.2 Å². The van der Waals surface area contributed by atoms with E-state index < -0.39 is 0 Å². The van der Waals surface area contributed by atoms with Crippen LogP contribution in [0.4, 0.5) is 0 Å². The maximum Gasteiger partial charge on any atom is 0.225 e. The highest BCUT2D eigenvalue weighted by molar-refractivity contribution is 6.31. The van der Waals surface area contributed by atoms with Crippen molar-refractivity contribution in [1.82, 2.24) is 10.2 Å². The lowest BCUT2D eigenvalue weighted by molar-refractivity contribution is -0.129. The molecular weight excluding hydrogens is 384 g/mol. The Bertz CT molecular complexity index is 883. The van der Waals surface area contributed by atoms with E-state index in [2.05, 4.69) is 62.2 Å². The highest BCUT2D eigenvalue weighted by atomic mass is 35.5. The normalized spacial score (nSPS) is 15.1. The van der Waals surface area contributed by atoms with Crippen molar-refractivity contribution in [2.24, 2.45) is 5.92 Å². The molecule has 3 rings (SSSR count). The molecule has 4 nitrogen and oxygen atoms in total. The van der Waals surface area contributed by atoms with Crippen molar-refractivity contribution in [3.8, 4) is 5.75 Å². The fourth-order valence-electron chi connectivity index (χ4n) is 3.72. The molecule has 1 amide bonds. The second kappa shape index (κ2) is 8.76. The van der Waals surface area contributed by atoms with Gasteiger partial charge in [0.05, 0.1) is 5.92 Å². The Balaban J connectivity index is 1.56. The SMILES string of the molecule is CNC(=O)C1CN(Cc2ccc(OCc3ccc(C(C)(C)C)c(Cl)c3)c(C)c2)C1. The minimum atomic E-state index is 0.0275. The Morgan fingerprint density at radius 2 is 1.86 bits per heavy atom. The number of carbonyl (C=O) groups excluding carboxylic acids is 1. The minimum absolute atomic E-state index is 0.0275. The predicted molar refractivity (Wildman–Crippen MR) is 118 cm³/mol. The average Bonchev–Trinajstić information content (AvgIpc) is 2.62. The molecule has 0 saturated carbocycles. The summed E-state index contributed by atoms with van der Waals surface area (Å²) in [6.07, 6.45) is 0. The van der Waals surface area contributed by atoms with Crippen molar-refractivity contribution < 1.29 is 9.53 Å². The fraction of sp³-hybridized carbons (Fsp3) is 0.458. The van der Waals surface area contributed by atoms with Crippen molar-refractivity contribution >= 4 is 17.5 Å². The van der Waals surface area contributed by atoms with Crippen molar-refractivity contribution in [1.29, 1.82) is 0 Å². The molecule has 2 aromatic rings. The van der Waals surface area contributed by atoms with Crippen LogP contribution in [0.5, 0.6) is 5.75 Å². The Kier molecular flexibility index (Phi) is 6.55. The molecule has 1 fully saturated rings. The summed E-state index contributed by atoms with van der Waals surface area (Å²) in [5.74, 6) is 1.15.